The number of fused-ring (bicyclic) bond motifs is 1. The van der Waals surface area contributed by atoms with Crippen molar-refractivity contribution in [3.63, 3.8) is 0 Å². The molecule has 3 heterocycles. The average molecular weight is 337 g/mol. The van der Waals surface area contributed by atoms with Crippen molar-refractivity contribution in [2.45, 2.75) is 31.8 Å². The van der Waals surface area contributed by atoms with Crippen LogP contribution < -0.4 is 0 Å². The van der Waals surface area contributed by atoms with Crippen molar-refractivity contribution in [3.8, 4) is 0 Å². The second kappa shape index (κ2) is 5.45. The van der Waals surface area contributed by atoms with Gasteiger partial charge in [-0.2, -0.15) is 17.0 Å². The first-order valence-corrected chi connectivity index (χ1v) is 10.8. The molecule has 7 nitrogen and oxygen atoms in total. The van der Waals surface area contributed by atoms with E-state index in [9.17, 15) is 16.8 Å². The molecular formula is C12H23N3O4S2. The molecule has 0 aromatic rings. The van der Waals surface area contributed by atoms with Gasteiger partial charge in [0.25, 0.3) is 10.2 Å². The summed E-state index contributed by atoms with van der Waals surface area (Å²) in [6.45, 7) is 4.87. The van der Waals surface area contributed by atoms with Crippen LogP contribution in [0.15, 0.2) is 0 Å². The Bertz CT molecular complexity index is 598. The van der Waals surface area contributed by atoms with E-state index >= 15 is 0 Å². The highest BCUT2D eigenvalue weighted by molar-refractivity contribution is 7.92. The van der Waals surface area contributed by atoms with Gasteiger partial charge in [0.05, 0.1) is 17.5 Å². The minimum absolute atomic E-state index is 0.0404. The molecule has 0 radical (unpaired) electrons. The van der Waals surface area contributed by atoms with Gasteiger partial charge in [0.1, 0.15) is 0 Å². The Morgan fingerprint density at radius 1 is 1.00 bits per heavy atom. The van der Waals surface area contributed by atoms with Crippen LogP contribution in [0.25, 0.3) is 0 Å². The van der Waals surface area contributed by atoms with E-state index in [1.54, 1.807) is 0 Å². The number of hydrogen-bond acceptors (Lipinski definition) is 5. The predicted octanol–water partition coefficient (Wildman–Crippen LogP) is -0.870. The van der Waals surface area contributed by atoms with Crippen molar-refractivity contribution >= 4 is 20.0 Å². The van der Waals surface area contributed by atoms with Crippen molar-refractivity contribution in [3.05, 3.63) is 0 Å². The Morgan fingerprint density at radius 2 is 1.62 bits per heavy atom. The highest BCUT2D eigenvalue weighted by atomic mass is 32.2. The molecule has 3 fully saturated rings. The van der Waals surface area contributed by atoms with Crippen LogP contribution in [0.2, 0.25) is 0 Å². The molecule has 0 saturated carbocycles. The van der Waals surface area contributed by atoms with Crippen LogP contribution in [0.3, 0.4) is 0 Å². The first kappa shape index (κ1) is 15.7. The minimum Gasteiger partial charge on any atom is -0.297 e. The molecule has 0 amide bonds. The van der Waals surface area contributed by atoms with Gasteiger partial charge in [-0.15, -0.1) is 0 Å². The summed E-state index contributed by atoms with van der Waals surface area (Å²) < 4.78 is 52.5. The fourth-order valence-corrected chi connectivity index (χ4v) is 7.73. The smallest absolute Gasteiger partial charge is 0.282 e. The van der Waals surface area contributed by atoms with Gasteiger partial charge in [-0.05, 0) is 19.4 Å². The maximum atomic E-state index is 12.8. The molecule has 0 aliphatic carbocycles. The maximum absolute atomic E-state index is 12.8. The highest BCUT2D eigenvalue weighted by Gasteiger charge is 2.50. The molecule has 0 unspecified atom stereocenters. The lowest BCUT2D eigenvalue weighted by molar-refractivity contribution is 0.0968. The summed E-state index contributed by atoms with van der Waals surface area (Å²) >= 11 is 0. The summed E-state index contributed by atoms with van der Waals surface area (Å²) in [5.74, 6) is 0.0404. The topological polar surface area (TPSA) is 78.0 Å². The van der Waals surface area contributed by atoms with Gasteiger partial charge >= 0.3 is 0 Å². The van der Waals surface area contributed by atoms with Crippen LogP contribution in [0.4, 0.5) is 0 Å². The number of likely N-dealkylation sites (N-methyl/N-ethyl adjacent to an activating group) is 1. The van der Waals surface area contributed by atoms with E-state index in [2.05, 4.69) is 4.90 Å². The first-order valence-electron chi connectivity index (χ1n) is 7.56. The van der Waals surface area contributed by atoms with Crippen LogP contribution in [0.1, 0.15) is 19.8 Å². The summed E-state index contributed by atoms with van der Waals surface area (Å²) in [5, 5.41) is 0. The third-order valence-electron chi connectivity index (χ3n) is 4.83. The van der Waals surface area contributed by atoms with Crippen LogP contribution in [0, 0.1) is 0 Å². The molecule has 0 bridgehead atoms. The molecule has 3 aliphatic rings. The SMILES string of the molecule is CCN1CCN(S(=O)(=O)N2CCCC2)[C@H]2CS(=O)(=O)C[C@H]21. The van der Waals surface area contributed by atoms with Gasteiger partial charge in [-0.1, -0.05) is 6.92 Å². The van der Waals surface area contributed by atoms with Crippen molar-refractivity contribution in [1.82, 2.24) is 13.5 Å². The Kier molecular flexibility index (Phi) is 4.07. The Balaban J connectivity index is 1.90. The van der Waals surface area contributed by atoms with Crippen LogP contribution in [0.5, 0.6) is 0 Å². The Morgan fingerprint density at radius 3 is 2.24 bits per heavy atom. The van der Waals surface area contributed by atoms with E-state index in [1.165, 1.54) is 8.61 Å². The highest BCUT2D eigenvalue weighted by Crippen LogP contribution is 2.30. The second-order valence-corrected chi connectivity index (χ2v) is 10.1. The molecule has 0 N–H and O–H groups in total. The van der Waals surface area contributed by atoms with Crippen molar-refractivity contribution in [2.24, 2.45) is 0 Å². The van der Waals surface area contributed by atoms with Gasteiger partial charge in [0.2, 0.25) is 0 Å². The minimum atomic E-state index is -3.52. The van der Waals surface area contributed by atoms with E-state index in [-0.39, 0.29) is 17.5 Å². The number of piperazine rings is 1. The summed E-state index contributed by atoms with van der Waals surface area (Å²) in [6.07, 6.45) is 1.78. The summed E-state index contributed by atoms with van der Waals surface area (Å²) in [5.41, 5.74) is 0. The number of sulfone groups is 1. The van der Waals surface area contributed by atoms with Gasteiger partial charge in [0.15, 0.2) is 9.84 Å². The van der Waals surface area contributed by atoms with Crippen LogP contribution in [-0.4, -0.2) is 86.7 Å². The van der Waals surface area contributed by atoms with E-state index in [0.717, 1.165) is 19.4 Å². The molecule has 3 aliphatic heterocycles. The molecule has 122 valence electrons. The third-order valence-corrected chi connectivity index (χ3v) is 8.60. The third kappa shape index (κ3) is 2.74. The van der Waals surface area contributed by atoms with E-state index in [0.29, 0.717) is 26.2 Å². The fourth-order valence-electron chi connectivity index (χ4n) is 3.74. The molecule has 3 rings (SSSR count). The van der Waals surface area contributed by atoms with Gasteiger partial charge < -0.3 is 0 Å². The molecule has 0 spiro atoms. The Labute approximate surface area is 127 Å². The molecule has 3 saturated heterocycles. The average Bonchev–Trinajstić information content (AvgIpc) is 3.02. The quantitative estimate of drug-likeness (QED) is 0.669. The van der Waals surface area contributed by atoms with E-state index < -0.39 is 26.1 Å². The molecule has 0 aromatic heterocycles. The van der Waals surface area contributed by atoms with Gasteiger partial charge in [0, 0.05) is 32.2 Å². The van der Waals surface area contributed by atoms with E-state index in [4.69, 9.17) is 0 Å². The molecular weight excluding hydrogens is 314 g/mol. The van der Waals surface area contributed by atoms with Crippen LogP contribution >= 0.6 is 0 Å². The van der Waals surface area contributed by atoms with Crippen molar-refractivity contribution in [2.75, 3.05) is 44.2 Å². The number of hydrogen-bond donors (Lipinski definition) is 0. The van der Waals surface area contributed by atoms with Crippen LogP contribution in [-0.2, 0) is 20.0 Å². The second-order valence-electron chi connectivity index (χ2n) is 6.06. The lowest BCUT2D eigenvalue weighted by Crippen LogP contribution is -2.62. The Hall–Kier alpha value is -0.220. The zero-order valence-corrected chi connectivity index (χ0v) is 13.9. The fraction of sp³-hybridized carbons (Fsp3) is 1.00. The lowest BCUT2D eigenvalue weighted by Gasteiger charge is -2.43. The van der Waals surface area contributed by atoms with E-state index in [1.807, 2.05) is 6.92 Å². The van der Waals surface area contributed by atoms with Crippen molar-refractivity contribution in [1.29, 1.82) is 0 Å². The lowest BCUT2D eigenvalue weighted by atomic mass is 10.1. The largest absolute Gasteiger partial charge is 0.297 e. The standard InChI is InChI=1S/C12H23N3O4S2/c1-2-13-7-8-15(12-10-20(16,17)9-11(12)13)21(18,19)14-5-3-4-6-14/h11-12H,2-10H2,1H3/t11-,12+/m1/s1. The number of rotatable bonds is 3. The van der Waals surface area contributed by atoms with Crippen molar-refractivity contribution < 1.29 is 16.8 Å². The zero-order valence-electron chi connectivity index (χ0n) is 12.3. The van der Waals surface area contributed by atoms with Gasteiger partial charge in [-0.25, -0.2) is 8.42 Å². The van der Waals surface area contributed by atoms with Gasteiger partial charge in [-0.3, -0.25) is 4.90 Å². The maximum Gasteiger partial charge on any atom is 0.282 e. The summed E-state index contributed by atoms with van der Waals surface area (Å²) in [7, 11) is -6.68. The summed E-state index contributed by atoms with van der Waals surface area (Å²) in [6, 6.07) is -0.611. The normalized spacial score (nSPS) is 35.1. The molecule has 9 heteroatoms. The number of nitrogens with zero attached hydrogens (tertiary/aromatic N) is 3. The molecule has 0 aromatic carbocycles. The molecule has 2 atom stereocenters. The zero-order chi connectivity index (χ0) is 15.3. The monoisotopic (exact) mass is 337 g/mol. The summed E-state index contributed by atoms with van der Waals surface area (Å²) in [4.78, 5) is 2.10. The first-order chi connectivity index (χ1) is 9.85. The molecule has 21 heavy (non-hydrogen) atoms. The predicted molar refractivity (Wildman–Crippen MR) is 79.9 cm³/mol.